The lowest BCUT2D eigenvalue weighted by molar-refractivity contribution is -0.122. The van der Waals surface area contributed by atoms with Gasteiger partial charge in [-0.05, 0) is 19.3 Å². The van der Waals surface area contributed by atoms with E-state index < -0.39 is 0 Å². The van der Waals surface area contributed by atoms with Crippen LogP contribution in [0.25, 0.3) is 0 Å². The fraction of sp³-hybridized carbons (Fsp3) is 0.933. The fourth-order valence-electron chi connectivity index (χ4n) is 1.55. The Morgan fingerprint density at radius 1 is 1.20 bits per heavy atom. The summed E-state index contributed by atoms with van der Waals surface area (Å²) in [4.78, 5) is 11.6. The Balaban J connectivity index is 3.15. The van der Waals surface area contributed by atoms with Crippen LogP contribution in [0.5, 0.6) is 0 Å². The molecule has 0 heterocycles. The number of hydrogen-bond acceptors (Lipinski definition) is 5. The van der Waals surface area contributed by atoms with E-state index in [9.17, 15) is 4.79 Å². The van der Waals surface area contributed by atoms with Crippen LogP contribution in [0, 0.1) is 5.92 Å². The molecule has 0 bridgehead atoms. The summed E-state index contributed by atoms with van der Waals surface area (Å²) < 4.78 is 5.54. The standard InChI is InChI=1S/C15H31NO2S2/c1-5-14(4)15(17)8-6-7-10-18-12-20-19-11-9-16-13(2)3/h13-14,16H,5-12H2,1-4H3. The fourth-order valence-corrected chi connectivity index (χ4v) is 3.14. The third-order valence-corrected chi connectivity index (χ3v) is 5.17. The summed E-state index contributed by atoms with van der Waals surface area (Å²) in [5, 5.41) is 3.38. The minimum Gasteiger partial charge on any atom is -0.370 e. The van der Waals surface area contributed by atoms with E-state index in [1.807, 2.05) is 17.7 Å². The monoisotopic (exact) mass is 321 g/mol. The summed E-state index contributed by atoms with van der Waals surface area (Å²) in [6.45, 7) is 10.2. The summed E-state index contributed by atoms with van der Waals surface area (Å²) >= 11 is 0. The second kappa shape index (κ2) is 14.2. The molecule has 0 rings (SSSR count). The van der Waals surface area contributed by atoms with Crippen molar-refractivity contribution in [1.29, 1.82) is 0 Å². The number of ether oxygens (including phenoxy) is 1. The van der Waals surface area contributed by atoms with Crippen LogP contribution in [0.2, 0.25) is 0 Å². The number of hydrogen-bond donors (Lipinski definition) is 1. The summed E-state index contributed by atoms with van der Waals surface area (Å²) in [7, 11) is 3.61. The van der Waals surface area contributed by atoms with E-state index in [4.69, 9.17) is 4.74 Å². The number of unbranched alkanes of at least 4 members (excludes halogenated alkanes) is 1. The summed E-state index contributed by atoms with van der Waals surface area (Å²) in [6.07, 6.45) is 3.61. The van der Waals surface area contributed by atoms with E-state index >= 15 is 0 Å². The van der Waals surface area contributed by atoms with E-state index in [1.54, 1.807) is 10.8 Å². The van der Waals surface area contributed by atoms with E-state index in [1.165, 1.54) is 0 Å². The van der Waals surface area contributed by atoms with Gasteiger partial charge < -0.3 is 10.1 Å². The molecule has 20 heavy (non-hydrogen) atoms. The first-order valence-corrected chi connectivity index (χ1v) is 10.1. The minimum absolute atomic E-state index is 0.224. The molecule has 0 amide bonds. The van der Waals surface area contributed by atoms with Gasteiger partial charge in [-0.2, -0.15) is 0 Å². The largest absolute Gasteiger partial charge is 0.370 e. The highest BCUT2D eigenvalue weighted by atomic mass is 33.1. The molecule has 0 aromatic heterocycles. The predicted molar refractivity (Wildman–Crippen MR) is 92.3 cm³/mol. The van der Waals surface area contributed by atoms with Crippen molar-refractivity contribution < 1.29 is 9.53 Å². The molecule has 1 atom stereocenters. The molecule has 1 unspecified atom stereocenters. The number of carbonyl (C=O) groups is 1. The van der Waals surface area contributed by atoms with Crippen molar-refractivity contribution >= 4 is 27.4 Å². The number of nitrogens with one attached hydrogen (secondary N) is 1. The summed E-state index contributed by atoms with van der Waals surface area (Å²) in [6, 6.07) is 0.565. The SMILES string of the molecule is CCC(C)C(=O)CCCCOCSSCCNC(C)C. The van der Waals surface area contributed by atoms with Gasteiger partial charge in [0, 0.05) is 37.3 Å². The summed E-state index contributed by atoms with van der Waals surface area (Å²) in [5.41, 5.74) is 0. The van der Waals surface area contributed by atoms with Crippen LogP contribution in [-0.4, -0.2) is 36.7 Å². The zero-order chi connectivity index (χ0) is 15.2. The first-order valence-electron chi connectivity index (χ1n) is 7.66. The van der Waals surface area contributed by atoms with Crippen LogP contribution in [-0.2, 0) is 9.53 Å². The smallest absolute Gasteiger partial charge is 0.135 e. The average Bonchev–Trinajstić information content (AvgIpc) is 2.43. The molecule has 120 valence electrons. The van der Waals surface area contributed by atoms with E-state index in [0.717, 1.165) is 44.1 Å². The predicted octanol–water partition coefficient (Wildman–Crippen LogP) is 4.13. The van der Waals surface area contributed by atoms with Crippen LogP contribution in [0.1, 0.15) is 53.4 Å². The Hall–Kier alpha value is 0.290. The van der Waals surface area contributed by atoms with Crippen molar-refractivity contribution in [3.8, 4) is 0 Å². The molecule has 0 aromatic carbocycles. The quantitative estimate of drug-likeness (QED) is 0.296. The van der Waals surface area contributed by atoms with E-state index in [0.29, 0.717) is 18.2 Å². The molecule has 0 spiro atoms. The number of ketones is 1. The van der Waals surface area contributed by atoms with Gasteiger partial charge in [0.05, 0.1) is 0 Å². The molecule has 0 aliphatic carbocycles. The Kier molecular flexibility index (Phi) is 14.4. The molecule has 3 nitrogen and oxygen atoms in total. The maximum atomic E-state index is 11.6. The zero-order valence-electron chi connectivity index (χ0n) is 13.4. The van der Waals surface area contributed by atoms with Crippen molar-refractivity contribution in [2.45, 2.75) is 59.4 Å². The second-order valence-corrected chi connectivity index (χ2v) is 7.84. The van der Waals surface area contributed by atoms with Crippen molar-refractivity contribution in [2.24, 2.45) is 5.92 Å². The molecule has 0 aliphatic rings. The molecular formula is C15H31NO2S2. The lowest BCUT2D eigenvalue weighted by Gasteiger charge is -2.08. The van der Waals surface area contributed by atoms with E-state index in [2.05, 4.69) is 26.1 Å². The first kappa shape index (κ1) is 20.3. The minimum atomic E-state index is 0.224. The van der Waals surface area contributed by atoms with Gasteiger partial charge in [0.25, 0.3) is 0 Å². The third kappa shape index (κ3) is 13.3. The normalized spacial score (nSPS) is 12.8. The number of rotatable bonds is 14. The molecule has 0 radical (unpaired) electrons. The maximum Gasteiger partial charge on any atom is 0.135 e. The van der Waals surface area contributed by atoms with Gasteiger partial charge in [0.1, 0.15) is 11.7 Å². The highest BCUT2D eigenvalue weighted by Gasteiger charge is 2.09. The topological polar surface area (TPSA) is 38.3 Å². The van der Waals surface area contributed by atoms with Crippen molar-refractivity contribution in [3.05, 3.63) is 0 Å². The Bertz CT molecular complexity index is 238. The van der Waals surface area contributed by atoms with Crippen LogP contribution in [0.3, 0.4) is 0 Å². The molecule has 0 saturated heterocycles. The molecule has 0 aliphatic heterocycles. The Labute approximate surface area is 132 Å². The Morgan fingerprint density at radius 3 is 2.60 bits per heavy atom. The maximum absolute atomic E-state index is 11.6. The van der Waals surface area contributed by atoms with Crippen LogP contribution >= 0.6 is 21.6 Å². The summed E-state index contributed by atoms with van der Waals surface area (Å²) in [5.74, 6) is 2.47. The molecule has 0 saturated carbocycles. The van der Waals surface area contributed by atoms with Gasteiger partial charge in [0.2, 0.25) is 0 Å². The van der Waals surface area contributed by atoms with Crippen LogP contribution in [0.4, 0.5) is 0 Å². The molecule has 0 fully saturated rings. The number of Topliss-reactive ketones (excluding diaryl/α,β-unsaturated/α-hetero) is 1. The van der Waals surface area contributed by atoms with Gasteiger partial charge >= 0.3 is 0 Å². The first-order chi connectivity index (χ1) is 9.57. The lowest BCUT2D eigenvalue weighted by Crippen LogP contribution is -2.24. The van der Waals surface area contributed by atoms with Crippen molar-refractivity contribution in [2.75, 3.05) is 24.8 Å². The van der Waals surface area contributed by atoms with Crippen LogP contribution < -0.4 is 5.32 Å². The second-order valence-electron chi connectivity index (χ2n) is 5.31. The highest BCUT2D eigenvalue weighted by molar-refractivity contribution is 8.76. The van der Waals surface area contributed by atoms with Crippen molar-refractivity contribution in [3.63, 3.8) is 0 Å². The lowest BCUT2D eigenvalue weighted by atomic mass is 9.99. The molecule has 5 heteroatoms. The van der Waals surface area contributed by atoms with Gasteiger partial charge in [-0.1, -0.05) is 49.3 Å². The van der Waals surface area contributed by atoms with Gasteiger partial charge in [-0.25, -0.2) is 0 Å². The number of carbonyl (C=O) groups excluding carboxylic acids is 1. The molecule has 1 N–H and O–H groups in total. The molecule has 0 aromatic rings. The van der Waals surface area contributed by atoms with E-state index in [-0.39, 0.29) is 5.92 Å². The third-order valence-electron chi connectivity index (χ3n) is 3.08. The van der Waals surface area contributed by atoms with Gasteiger partial charge in [0.15, 0.2) is 0 Å². The van der Waals surface area contributed by atoms with Crippen molar-refractivity contribution in [1.82, 2.24) is 5.32 Å². The zero-order valence-corrected chi connectivity index (χ0v) is 15.1. The highest BCUT2D eigenvalue weighted by Crippen LogP contribution is 2.20. The van der Waals surface area contributed by atoms with Crippen LogP contribution in [0.15, 0.2) is 0 Å². The van der Waals surface area contributed by atoms with Gasteiger partial charge in [-0.3, -0.25) is 4.79 Å². The molecular weight excluding hydrogens is 290 g/mol. The Morgan fingerprint density at radius 2 is 1.95 bits per heavy atom. The van der Waals surface area contributed by atoms with Gasteiger partial charge in [-0.15, -0.1) is 0 Å². The average molecular weight is 322 g/mol.